The van der Waals surface area contributed by atoms with E-state index in [9.17, 15) is 0 Å². The van der Waals surface area contributed by atoms with Crippen molar-refractivity contribution >= 4 is 27.2 Å². The van der Waals surface area contributed by atoms with E-state index in [1.165, 1.54) is 16.2 Å². The van der Waals surface area contributed by atoms with Crippen molar-refractivity contribution in [1.82, 2.24) is 0 Å². The fraction of sp³-hybridized carbons (Fsp3) is 0. The first-order valence-electron chi connectivity index (χ1n) is 7.43. The molecule has 108 valence electrons. The number of azide groups is 1. The van der Waals surface area contributed by atoms with Crippen LogP contribution < -0.4 is 0 Å². The van der Waals surface area contributed by atoms with Crippen LogP contribution in [0, 0.1) is 0 Å². The normalized spacial score (nSPS) is 10.6. The zero-order chi connectivity index (χ0) is 15.6. The summed E-state index contributed by atoms with van der Waals surface area (Å²) >= 11 is 0. The van der Waals surface area contributed by atoms with Gasteiger partial charge in [0.2, 0.25) is 0 Å². The smallest absolute Gasteiger partial charge is 0.0453 e. The predicted octanol–water partition coefficient (Wildman–Crippen LogP) is 6.60. The first kappa shape index (κ1) is 13.4. The summed E-state index contributed by atoms with van der Waals surface area (Å²) in [6, 6.07) is 26.6. The Morgan fingerprint density at radius 3 is 2.13 bits per heavy atom. The largest absolute Gasteiger partial charge is 0.0618 e. The molecule has 0 spiro atoms. The van der Waals surface area contributed by atoms with E-state index in [1.54, 1.807) is 0 Å². The van der Waals surface area contributed by atoms with E-state index in [-0.39, 0.29) is 0 Å². The van der Waals surface area contributed by atoms with E-state index in [2.05, 4.69) is 52.5 Å². The highest BCUT2D eigenvalue weighted by molar-refractivity contribution is 6.14. The lowest BCUT2D eigenvalue weighted by molar-refractivity contribution is 1.47. The second-order valence-corrected chi connectivity index (χ2v) is 5.40. The molecule has 3 heteroatoms. The molecule has 0 radical (unpaired) electrons. The van der Waals surface area contributed by atoms with Gasteiger partial charge < -0.3 is 0 Å². The van der Waals surface area contributed by atoms with E-state index in [1.807, 2.05) is 36.4 Å². The van der Waals surface area contributed by atoms with E-state index in [4.69, 9.17) is 5.53 Å². The number of benzene rings is 4. The minimum atomic E-state index is 0.649. The highest BCUT2D eigenvalue weighted by atomic mass is 15.1. The van der Waals surface area contributed by atoms with Gasteiger partial charge in [-0.25, -0.2) is 0 Å². The predicted molar refractivity (Wildman–Crippen MR) is 95.7 cm³/mol. The number of nitrogens with zero attached hydrogens (tertiary/aromatic N) is 3. The van der Waals surface area contributed by atoms with Gasteiger partial charge in [-0.15, -0.1) is 0 Å². The van der Waals surface area contributed by atoms with Gasteiger partial charge >= 0.3 is 0 Å². The third-order valence-corrected chi connectivity index (χ3v) is 4.11. The summed E-state index contributed by atoms with van der Waals surface area (Å²) in [4.78, 5) is 2.96. The van der Waals surface area contributed by atoms with Gasteiger partial charge in [0, 0.05) is 10.6 Å². The summed E-state index contributed by atoms with van der Waals surface area (Å²) in [5.41, 5.74) is 11.5. The lowest BCUT2D eigenvalue weighted by atomic mass is 9.92. The number of hydrogen-bond donors (Lipinski definition) is 0. The fourth-order valence-electron chi connectivity index (χ4n) is 3.11. The zero-order valence-electron chi connectivity index (χ0n) is 12.3. The van der Waals surface area contributed by atoms with Crippen LogP contribution in [0.5, 0.6) is 0 Å². The lowest BCUT2D eigenvalue weighted by Crippen LogP contribution is -1.85. The van der Waals surface area contributed by atoms with Crippen LogP contribution in [0.3, 0.4) is 0 Å². The van der Waals surface area contributed by atoms with Crippen molar-refractivity contribution in [1.29, 1.82) is 0 Å². The van der Waals surface area contributed by atoms with Crippen LogP contribution in [-0.4, -0.2) is 0 Å². The van der Waals surface area contributed by atoms with Crippen LogP contribution in [-0.2, 0) is 0 Å². The molecule has 0 heterocycles. The second kappa shape index (κ2) is 5.48. The second-order valence-electron chi connectivity index (χ2n) is 5.40. The molecule has 0 fully saturated rings. The molecule has 4 aromatic rings. The maximum atomic E-state index is 8.83. The van der Waals surface area contributed by atoms with Crippen molar-refractivity contribution < 1.29 is 0 Å². The van der Waals surface area contributed by atoms with Gasteiger partial charge in [-0.2, -0.15) is 0 Å². The molecule has 0 aromatic heterocycles. The average Bonchev–Trinajstić information content (AvgIpc) is 2.62. The maximum Gasteiger partial charge on any atom is 0.0453 e. The Morgan fingerprint density at radius 1 is 0.652 bits per heavy atom. The van der Waals surface area contributed by atoms with Crippen LogP contribution in [0.15, 0.2) is 84.0 Å². The van der Waals surface area contributed by atoms with Crippen molar-refractivity contribution in [2.45, 2.75) is 0 Å². The van der Waals surface area contributed by atoms with Gasteiger partial charge in [0.25, 0.3) is 0 Å². The molecular formula is C20H13N3. The topological polar surface area (TPSA) is 48.8 Å². The molecular weight excluding hydrogens is 282 g/mol. The van der Waals surface area contributed by atoms with Crippen molar-refractivity contribution in [3.8, 4) is 11.1 Å². The minimum absolute atomic E-state index is 0.649. The molecule has 0 N–H and O–H groups in total. The molecule has 3 nitrogen and oxygen atoms in total. The number of rotatable bonds is 2. The Bertz CT molecular complexity index is 1080. The lowest BCUT2D eigenvalue weighted by Gasteiger charge is -2.12. The first-order chi connectivity index (χ1) is 11.4. The standard InChI is InChI=1S/C20H13N3/c21-23-22-20-12-6-5-11-18(20)19-13-14-7-1-2-8-15(14)16-9-3-4-10-17(16)19/h1-13H. The Labute approximate surface area is 133 Å². The molecule has 4 rings (SSSR count). The summed E-state index contributed by atoms with van der Waals surface area (Å²) < 4.78 is 0. The van der Waals surface area contributed by atoms with Gasteiger partial charge in [-0.05, 0) is 44.3 Å². The highest BCUT2D eigenvalue weighted by Gasteiger charge is 2.10. The Hall–Kier alpha value is -3.29. The molecule has 0 atom stereocenters. The third-order valence-electron chi connectivity index (χ3n) is 4.11. The van der Waals surface area contributed by atoms with E-state index in [0.29, 0.717) is 5.69 Å². The van der Waals surface area contributed by atoms with Crippen LogP contribution in [0.4, 0.5) is 5.69 Å². The Balaban J connectivity index is 2.17. The summed E-state index contributed by atoms with van der Waals surface area (Å²) in [7, 11) is 0. The van der Waals surface area contributed by atoms with Gasteiger partial charge in [-0.3, -0.25) is 0 Å². The molecule has 0 aliphatic carbocycles. The summed E-state index contributed by atoms with van der Waals surface area (Å²) in [5, 5.41) is 8.62. The summed E-state index contributed by atoms with van der Waals surface area (Å²) in [6.07, 6.45) is 0. The van der Waals surface area contributed by atoms with Gasteiger partial charge in [0.1, 0.15) is 0 Å². The third kappa shape index (κ3) is 2.20. The molecule has 23 heavy (non-hydrogen) atoms. The van der Waals surface area contributed by atoms with Crippen molar-refractivity contribution in [2.24, 2.45) is 5.11 Å². The average molecular weight is 295 g/mol. The summed E-state index contributed by atoms with van der Waals surface area (Å²) in [5.74, 6) is 0. The van der Waals surface area contributed by atoms with Crippen LogP contribution in [0.1, 0.15) is 0 Å². The van der Waals surface area contributed by atoms with Crippen molar-refractivity contribution in [3.05, 3.63) is 89.3 Å². The Kier molecular flexibility index (Phi) is 3.19. The van der Waals surface area contributed by atoms with Gasteiger partial charge in [-0.1, -0.05) is 77.9 Å². The van der Waals surface area contributed by atoms with E-state index >= 15 is 0 Å². The quantitative estimate of drug-likeness (QED) is 0.173. The fourth-order valence-corrected chi connectivity index (χ4v) is 3.11. The molecule has 4 aromatic carbocycles. The zero-order valence-corrected chi connectivity index (χ0v) is 12.3. The highest BCUT2D eigenvalue weighted by Crippen LogP contribution is 2.38. The molecule has 0 saturated carbocycles. The number of hydrogen-bond acceptors (Lipinski definition) is 1. The molecule has 0 aliphatic heterocycles. The molecule has 0 aliphatic rings. The van der Waals surface area contributed by atoms with Crippen LogP contribution >= 0.6 is 0 Å². The molecule has 0 bridgehead atoms. The first-order valence-corrected chi connectivity index (χ1v) is 7.43. The van der Waals surface area contributed by atoms with Crippen LogP contribution in [0.2, 0.25) is 0 Å². The summed E-state index contributed by atoms with van der Waals surface area (Å²) in [6.45, 7) is 0. The number of fused-ring (bicyclic) bond motifs is 3. The van der Waals surface area contributed by atoms with E-state index < -0.39 is 0 Å². The molecule has 0 saturated heterocycles. The van der Waals surface area contributed by atoms with Crippen LogP contribution in [0.25, 0.3) is 43.1 Å². The van der Waals surface area contributed by atoms with E-state index in [0.717, 1.165) is 16.5 Å². The maximum absolute atomic E-state index is 8.83. The van der Waals surface area contributed by atoms with Crippen molar-refractivity contribution in [3.63, 3.8) is 0 Å². The molecule has 0 amide bonds. The Morgan fingerprint density at radius 2 is 1.30 bits per heavy atom. The monoisotopic (exact) mass is 295 g/mol. The SMILES string of the molecule is [N-]=[N+]=Nc1ccccc1-c1cc2ccccc2c2ccccc12. The van der Waals surface area contributed by atoms with Gasteiger partial charge in [0.05, 0.1) is 0 Å². The van der Waals surface area contributed by atoms with Gasteiger partial charge in [0.15, 0.2) is 0 Å². The molecule has 0 unspecified atom stereocenters. The van der Waals surface area contributed by atoms with Crippen molar-refractivity contribution in [2.75, 3.05) is 0 Å². The minimum Gasteiger partial charge on any atom is -0.0618 e.